The summed E-state index contributed by atoms with van der Waals surface area (Å²) in [5, 5.41) is 3.26. The van der Waals surface area contributed by atoms with Gasteiger partial charge in [-0.15, -0.1) is 11.3 Å². The number of rotatable bonds is 5. The molecule has 6 heteroatoms. The van der Waals surface area contributed by atoms with Crippen molar-refractivity contribution in [2.24, 2.45) is 5.92 Å². The monoisotopic (exact) mass is 398 g/mol. The average Bonchev–Trinajstić information content (AvgIpc) is 3.25. The Morgan fingerprint density at radius 1 is 1.07 bits per heavy atom. The Labute approximate surface area is 172 Å². The van der Waals surface area contributed by atoms with Crippen molar-refractivity contribution in [1.29, 1.82) is 0 Å². The first-order chi connectivity index (χ1) is 13.7. The molecule has 0 saturated carbocycles. The fourth-order valence-electron chi connectivity index (χ4n) is 4.17. The molecule has 1 amide bonds. The van der Waals surface area contributed by atoms with Crippen LogP contribution in [0.1, 0.15) is 26.2 Å². The maximum Gasteiger partial charge on any atom is 0.222 e. The molecule has 2 aromatic rings. The number of hydrogen-bond donors (Lipinski definition) is 0. The van der Waals surface area contributed by atoms with E-state index in [1.165, 1.54) is 5.56 Å². The summed E-state index contributed by atoms with van der Waals surface area (Å²) in [6.07, 6.45) is 2.88. The van der Waals surface area contributed by atoms with Crippen LogP contribution >= 0.6 is 11.3 Å². The lowest BCUT2D eigenvalue weighted by atomic mass is 9.93. The molecule has 0 atom stereocenters. The van der Waals surface area contributed by atoms with Gasteiger partial charge < -0.3 is 14.7 Å². The second kappa shape index (κ2) is 9.05. The first-order valence-electron chi connectivity index (χ1n) is 10.5. The molecular weight excluding hydrogens is 368 g/mol. The number of carbonyl (C=O) groups is 1. The quantitative estimate of drug-likeness (QED) is 0.772. The number of anilines is 1. The van der Waals surface area contributed by atoms with Gasteiger partial charge in [-0.05, 0) is 25.3 Å². The molecule has 5 nitrogen and oxygen atoms in total. The zero-order valence-electron chi connectivity index (χ0n) is 16.7. The van der Waals surface area contributed by atoms with Gasteiger partial charge in [0, 0.05) is 56.6 Å². The Hall–Kier alpha value is -1.92. The van der Waals surface area contributed by atoms with Gasteiger partial charge in [0.1, 0.15) is 0 Å². The zero-order valence-corrected chi connectivity index (χ0v) is 17.5. The minimum absolute atomic E-state index is 0.356. The number of amides is 1. The van der Waals surface area contributed by atoms with Gasteiger partial charge in [0.2, 0.25) is 5.91 Å². The highest BCUT2D eigenvalue weighted by Crippen LogP contribution is 2.31. The van der Waals surface area contributed by atoms with Crippen molar-refractivity contribution in [2.75, 3.05) is 50.7 Å². The van der Waals surface area contributed by atoms with Crippen LogP contribution < -0.4 is 4.90 Å². The van der Waals surface area contributed by atoms with Gasteiger partial charge in [0.25, 0.3) is 0 Å². The van der Waals surface area contributed by atoms with Crippen LogP contribution in [0, 0.1) is 5.92 Å². The third-order valence-electron chi connectivity index (χ3n) is 6.08. The maximum absolute atomic E-state index is 12.7. The van der Waals surface area contributed by atoms with Crippen LogP contribution in [0.15, 0.2) is 35.7 Å². The molecule has 2 saturated heterocycles. The van der Waals surface area contributed by atoms with Gasteiger partial charge in [-0.1, -0.05) is 37.3 Å². The second-order valence-corrected chi connectivity index (χ2v) is 8.67. The number of piperidine rings is 1. The number of thiazole rings is 1. The first kappa shape index (κ1) is 19.4. The summed E-state index contributed by atoms with van der Waals surface area (Å²) < 4.78 is 0. The lowest BCUT2D eigenvalue weighted by molar-refractivity contribution is -0.134. The van der Waals surface area contributed by atoms with Gasteiger partial charge >= 0.3 is 0 Å². The molecule has 1 aromatic heterocycles. The number of aromatic nitrogens is 1. The SMILES string of the molecule is CCN1CCN(C(=O)CC2CCN(c3nc(-c4ccccc4)cs3)CC2)CC1. The van der Waals surface area contributed by atoms with Gasteiger partial charge in [0.15, 0.2) is 5.13 Å². The molecule has 1 aromatic carbocycles. The average molecular weight is 399 g/mol. The van der Waals surface area contributed by atoms with E-state index in [0.717, 1.165) is 69.5 Å². The van der Waals surface area contributed by atoms with Crippen LogP contribution in [0.25, 0.3) is 11.3 Å². The van der Waals surface area contributed by atoms with E-state index in [4.69, 9.17) is 4.98 Å². The molecule has 0 unspecified atom stereocenters. The standard InChI is InChI=1S/C22H30N4OS/c1-2-24-12-14-25(15-13-24)21(27)16-18-8-10-26(11-9-18)22-23-20(17-28-22)19-6-4-3-5-7-19/h3-7,17-18H,2,8-16H2,1H3. The summed E-state index contributed by atoms with van der Waals surface area (Å²) in [6.45, 7) is 9.12. The largest absolute Gasteiger partial charge is 0.348 e. The lowest BCUT2D eigenvalue weighted by Crippen LogP contribution is -2.49. The van der Waals surface area contributed by atoms with Crippen LogP contribution in [0.5, 0.6) is 0 Å². The zero-order chi connectivity index (χ0) is 19.3. The van der Waals surface area contributed by atoms with Crippen LogP contribution in [0.2, 0.25) is 0 Å². The van der Waals surface area contributed by atoms with Crippen molar-refractivity contribution in [1.82, 2.24) is 14.8 Å². The minimum Gasteiger partial charge on any atom is -0.348 e. The fourth-order valence-corrected chi connectivity index (χ4v) is 5.06. The van der Waals surface area contributed by atoms with Crippen molar-refractivity contribution in [2.45, 2.75) is 26.2 Å². The Kier molecular flexibility index (Phi) is 6.27. The molecule has 2 fully saturated rings. The molecule has 0 bridgehead atoms. The van der Waals surface area contributed by atoms with E-state index in [1.54, 1.807) is 11.3 Å². The smallest absolute Gasteiger partial charge is 0.222 e. The predicted molar refractivity (Wildman–Crippen MR) is 116 cm³/mol. The van der Waals surface area contributed by atoms with E-state index in [0.29, 0.717) is 18.2 Å². The molecule has 2 aliphatic heterocycles. The summed E-state index contributed by atoms with van der Waals surface area (Å²) >= 11 is 1.73. The highest BCUT2D eigenvalue weighted by molar-refractivity contribution is 7.14. The summed E-state index contributed by atoms with van der Waals surface area (Å²) in [7, 11) is 0. The Bertz CT molecular complexity index is 762. The Balaban J connectivity index is 1.26. The number of carbonyl (C=O) groups excluding carboxylic acids is 1. The van der Waals surface area contributed by atoms with Crippen molar-refractivity contribution >= 4 is 22.4 Å². The summed E-state index contributed by atoms with van der Waals surface area (Å²) in [5.74, 6) is 0.872. The topological polar surface area (TPSA) is 39.7 Å². The van der Waals surface area contributed by atoms with Gasteiger partial charge in [-0.3, -0.25) is 4.79 Å². The molecule has 0 radical (unpaired) electrons. The molecule has 28 heavy (non-hydrogen) atoms. The summed E-state index contributed by atoms with van der Waals surface area (Å²) in [6, 6.07) is 10.4. The summed E-state index contributed by atoms with van der Waals surface area (Å²) in [5.41, 5.74) is 2.23. The van der Waals surface area contributed by atoms with Crippen LogP contribution in [0.4, 0.5) is 5.13 Å². The van der Waals surface area contributed by atoms with Crippen molar-refractivity contribution < 1.29 is 4.79 Å². The van der Waals surface area contributed by atoms with Crippen LogP contribution in [-0.4, -0.2) is 66.5 Å². The van der Waals surface area contributed by atoms with E-state index in [-0.39, 0.29) is 0 Å². The van der Waals surface area contributed by atoms with E-state index in [1.807, 2.05) is 6.07 Å². The van der Waals surface area contributed by atoms with E-state index >= 15 is 0 Å². The normalized spacial score (nSPS) is 19.2. The van der Waals surface area contributed by atoms with Crippen LogP contribution in [-0.2, 0) is 4.79 Å². The molecule has 3 heterocycles. The van der Waals surface area contributed by atoms with E-state index < -0.39 is 0 Å². The van der Waals surface area contributed by atoms with Crippen molar-refractivity contribution in [3.63, 3.8) is 0 Å². The molecule has 0 spiro atoms. The van der Waals surface area contributed by atoms with E-state index in [9.17, 15) is 4.79 Å². The maximum atomic E-state index is 12.7. The minimum atomic E-state index is 0.356. The number of hydrogen-bond acceptors (Lipinski definition) is 5. The number of nitrogens with zero attached hydrogens (tertiary/aromatic N) is 4. The van der Waals surface area contributed by atoms with Gasteiger partial charge in [0.05, 0.1) is 5.69 Å². The molecule has 0 N–H and O–H groups in total. The van der Waals surface area contributed by atoms with Crippen molar-refractivity contribution in [3.8, 4) is 11.3 Å². The molecule has 4 rings (SSSR count). The fraction of sp³-hybridized carbons (Fsp3) is 0.545. The Morgan fingerprint density at radius 2 is 1.79 bits per heavy atom. The third-order valence-corrected chi connectivity index (χ3v) is 6.98. The van der Waals surface area contributed by atoms with Gasteiger partial charge in [-0.2, -0.15) is 0 Å². The molecule has 150 valence electrons. The predicted octanol–water partition coefficient (Wildman–Crippen LogP) is 3.58. The highest BCUT2D eigenvalue weighted by Gasteiger charge is 2.26. The van der Waals surface area contributed by atoms with Crippen molar-refractivity contribution in [3.05, 3.63) is 35.7 Å². The highest BCUT2D eigenvalue weighted by atomic mass is 32.1. The molecule has 2 aliphatic rings. The van der Waals surface area contributed by atoms with E-state index in [2.05, 4.69) is 51.3 Å². The molecular formula is C22H30N4OS. The summed E-state index contributed by atoms with van der Waals surface area (Å²) in [4.78, 5) is 24.4. The number of likely N-dealkylation sites (N-methyl/N-ethyl adjacent to an activating group) is 1. The van der Waals surface area contributed by atoms with Crippen LogP contribution in [0.3, 0.4) is 0 Å². The van der Waals surface area contributed by atoms with Gasteiger partial charge in [-0.25, -0.2) is 4.98 Å². The first-order valence-corrected chi connectivity index (χ1v) is 11.4. The number of benzene rings is 1. The lowest BCUT2D eigenvalue weighted by Gasteiger charge is -2.36. The third kappa shape index (κ3) is 4.55. The number of piperazine rings is 1. The second-order valence-electron chi connectivity index (χ2n) is 7.83. The molecule has 0 aliphatic carbocycles. The Morgan fingerprint density at radius 3 is 2.46 bits per heavy atom.